The molecule has 2 unspecified atom stereocenters. The van der Waals surface area contributed by atoms with E-state index in [0.717, 1.165) is 38.9 Å². The highest BCUT2D eigenvalue weighted by atomic mass is 16.1. The number of rotatable bonds is 4. The Morgan fingerprint density at radius 2 is 2.00 bits per heavy atom. The van der Waals surface area contributed by atoms with Crippen molar-refractivity contribution in [3.05, 3.63) is 0 Å². The second-order valence-corrected chi connectivity index (χ2v) is 6.95. The number of carbonyl (C=O) groups is 1. The Kier molecular flexibility index (Phi) is 4.02. The molecule has 0 aromatic heterocycles. The van der Waals surface area contributed by atoms with Gasteiger partial charge in [0.05, 0.1) is 5.54 Å². The summed E-state index contributed by atoms with van der Waals surface area (Å²) in [5.41, 5.74) is 5.30. The zero-order valence-corrected chi connectivity index (χ0v) is 12.6. The van der Waals surface area contributed by atoms with Gasteiger partial charge in [0.2, 0.25) is 5.91 Å². The van der Waals surface area contributed by atoms with Crippen molar-refractivity contribution >= 4 is 5.91 Å². The van der Waals surface area contributed by atoms with Crippen LogP contribution in [0.1, 0.15) is 38.5 Å². The average Bonchev–Trinajstić information content (AvgIpc) is 3.14. The summed E-state index contributed by atoms with van der Waals surface area (Å²) in [4.78, 5) is 17.0. The number of hydrogen-bond acceptors (Lipinski definition) is 4. The van der Waals surface area contributed by atoms with Crippen LogP contribution < -0.4 is 11.1 Å². The Hall–Kier alpha value is -0.650. The van der Waals surface area contributed by atoms with Crippen molar-refractivity contribution in [2.24, 2.45) is 5.73 Å². The largest absolute Gasteiger partial charge is 0.368 e. The third-order valence-corrected chi connectivity index (χ3v) is 5.29. The number of nitrogens with one attached hydrogen (secondary N) is 1. The number of amides is 1. The molecule has 5 heteroatoms. The molecular weight excluding hydrogens is 252 g/mol. The lowest BCUT2D eigenvalue weighted by molar-refractivity contribution is -0.124. The van der Waals surface area contributed by atoms with Crippen molar-refractivity contribution in [1.82, 2.24) is 15.1 Å². The van der Waals surface area contributed by atoms with Gasteiger partial charge in [0.25, 0.3) is 0 Å². The zero-order valence-electron chi connectivity index (χ0n) is 12.6. The highest BCUT2D eigenvalue weighted by Gasteiger charge is 2.48. The van der Waals surface area contributed by atoms with Crippen LogP contribution in [0.3, 0.4) is 0 Å². The first-order valence-electron chi connectivity index (χ1n) is 8.09. The van der Waals surface area contributed by atoms with Crippen LogP contribution in [-0.4, -0.2) is 66.6 Å². The number of nitrogens with two attached hydrogens (primary N) is 1. The van der Waals surface area contributed by atoms with Crippen LogP contribution in [0.2, 0.25) is 0 Å². The molecule has 114 valence electrons. The van der Waals surface area contributed by atoms with E-state index in [2.05, 4.69) is 22.2 Å². The molecule has 3 fully saturated rings. The SMILES string of the molecule is CN1CCCN(C2CCC(NC3CC3)(C(N)=O)C2)CC1. The predicted octanol–water partition coefficient (Wildman–Crippen LogP) is 0.153. The summed E-state index contributed by atoms with van der Waals surface area (Å²) in [6, 6.07) is 1.07. The Balaban J connectivity index is 1.63. The zero-order chi connectivity index (χ0) is 14.2. The average molecular weight is 280 g/mol. The minimum absolute atomic E-state index is 0.140. The second kappa shape index (κ2) is 5.62. The fraction of sp³-hybridized carbons (Fsp3) is 0.933. The van der Waals surface area contributed by atoms with E-state index in [1.807, 2.05) is 0 Å². The van der Waals surface area contributed by atoms with E-state index in [1.54, 1.807) is 0 Å². The molecule has 2 atom stereocenters. The summed E-state index contributed by atoms with van der Waals surface area (Å²) >= 11 is 0. The van der Waals surface area contributed by atoms with E-state index in [4.69, 9.17) is 5.73 Å². The fourth-order valence-corrected chi connectivity index (χ4v) is 3.81. The van der Waals surface area contributed by atoms with Crippen molar-refractivity contribution in [2.75, 3.05) is 33.2 Å². The third-order valence-electron chi connectivity index (χ3n) is 5.29. The van der Waals surface area contributed by atoms with E-state index in [1.165, 1.54) is 25.8 Å². The minimum Gasteiger partial charge on any atom is -0.368 e. The first kappa shape index (κ1) is 14.3. The standard InChI is InChI=1S/C15H28N4O/c1-18-7-2-8-19(10-9-18)13-5-6-15(11-13,14(16)20)17-12-3-4-12/h12-13,17H,2-11H2,1H3,(H2,16,20). The lowest BCUT2D eigenvalue weighted by atomic mass is 9.96. The Bertz CT molecular complexity index is 371. The van der Waals surface area contributed by atoms with Crippen LogP contribution in [0.5, 0.6) is 0 Å². The first-order valence-corrected chi connectivity index (χ1v) is 8.09. The van der Waals surface area contributed by atoms with Crippen LogP contribution in [0.25, 0.3) is 0 Å². The van der Waals surface area contributed by atoms with Crippen molar-refractivity contribution in [3.8, 4) is 0 Å². The maximum atomic E-state index is 12.0. The van der Waals surface area contributed by atoms with Crippen molar-refractivity contribution in [2.45, 2.75) is 56.1 Å². The topological polar surface area (TPSA) is 61.6 Å². The fourth-order valence-electron chi connectivity index (χ4n) is 3.81. The molecule has 0 spiro atoms. The van der Waals surface area contributed by atoms with Gasteiger partial charge in [-0.2, -0.15) is 0 Å². The van der Waals surface area contributed by atoms with E-state index in [0.29, 0.717) is 12.1 Å². The lowest BCUT2D eigenvalue weighted by Gasteiger charge is -2.31. The highest BCUT2D eigenvalue weighted by Crippen LogP contribution is 2.36. The van der Waals surface area contributed by atoms with Gasteiger partial charge in [-0.1, -0.05) is 0 Å². The highest BCUT2D eigenvalue weighted by molar-refractivity contribution is 5.85. The molecule has 0 aromatic rings. The monoisotopic (exact) mass is 280 g/mol. The minimum atomic E-state index is -0.427. The Morgan fingerprint density at radius 3 is 2.70 bits per heavy atom. The van der Waals surface area contributed by atoms with E-state index in [9.17, 15) is 4.79 Å². The smallest absolute Gasteiger partial charge is 0.237 e. The normalized spacial score (nSPS) is 37.0. The molecule has 0 bridgehead atoms. The van der Waals surface area contributed by atoms with Crippen molar-refractivity contribution < 1.29 is 4.79 Å². The van der Waals surface area contributed by atoms with Crippen LogP contribution in [-0.2, 0) is 4.79 Å². The molecule has 20 heavy (non-hydrogen) atoms. The molecule has 0 aromatic carbocycles. The maximum absolute atomic E-state index is 12.0. The number of primary amides is 1. The summed E-state index contributed by atoms with van der Waals surface area (Å²) < 4.78 is 0. The van der Waals surface area contributed by atoms with Gasteiger partial charge in [0, 0.05) is 25.2 Å². The van der Waals surface area contributed by atoms with Gasteiger partial charge >= 0.3 is 0 Å². The summed E-state index contributed by atoms with van der Waals surface area (Å²) in [5.74, 6) is -0.140. The molecule has 1 saturated heterocycles. The number of hydrogen-bond donors (Lipinski definition) is 2. The molecular formula is C15H28N4O. The molecule has 2 saturated carbocycles. The van der Waals surface area contributed by atoms with Gasteiger partial charge in [0.15, 0.2) is 0 Å². The molecule has 3 rings (SSSR count). The molecule has 2 aliphatic carbocycles. The molecule has 1 aliphatic heterocycles. The first-order chi connectivity index (χ1) is 9.59. The van der Waals surface area contributed by atoms with Gasteiger partial charge in [-0.15, -0.1) is 0 Å². The number of carbonyl (C=O) groups excluding carboxylic acids is 1. The predicted molar refractivity (Wildman–Crippen MR) is 79.4 cm³/mol. The van der Waals surface area contributed by atoms with Gasteiger partial charge in [-0.3, -0.25) is 9.69 Å². The van der Waals surface area contributed by atoms with Crippen LogP contribution in [0, 0.1) is 0 Å². The van der Waals surface area contributed by atoms with Crippen LogP contribution in [0.4, 0.5) is 0 Å². The number of nitrogens with zero attached hydrogens (tertiary/aromatic N) is 2. The summed E-state index contributed by atoms with van der Waals surface area (Å²) in [6.45, 7) is 4.60. The molecule has 1 amide bonds. The molecule has 0 radical (unpaired) electrons. The summed E-state index contributed by atoms with van der Waals surface area (Å²) in [6.07, 6.45) is 6.56. The lowest BCUT2D eigenvalue weighted by Crippen LogP contribution is -2.55. The van der Waals surface area contributed by atoms with E-state index >= 15 is 0 Å². The Morgan fingerprint density at radius 1 is 1.20 bits per heavy atom. The number of likely N-dealkylation sites (N-methyl/N-ethyl adjacent to an activating group) is 1. The Labute approximate surface area is 121 Å². The molecule has 3 aliphatic rings. The van der Waals surface area contributed by atoms with Crippen LogP contribution >= 0.6 is 0 Å². The van der Waals surface area contributed by atoms with Gasteiger partial charge < -0.3 is 16.0 Å². The van der Waals surface area contributed by atoms with Gasteiger partial charge in [-0.25, -0.2) is 0 Å². The molecule has 5 nitrogen and oxygen atoms in total. The van der Waals surface area contributed by atoms with E-state index < -0.39 is 5.54 Å². The van der Waals surface area contributed by atoms with Crippen molar-refractivity contribution in [3.63, 3.8) is 0 Å². The third kappa shape index (κ3) is 3.00. The summed E-state index contributed by atoms with van der Waals surface area (Å²) in [7, 11) is 2.19. The van der Waals surface area contributed by atoms with Crippen molar-refractivity contribution in [1.29, 1.82) is 0 Å². The maximum Gasteiger partial charge on any atom is 0.237 e. The van der Waals surface area contributed by atoms with E-state index in [-0.39, 0.29) is 5.91 Å². The van der Waals surface area contributed by atoms with Crippen LogP contribution in [0.15, 0.2) is 0 Å². The molecule has 3 N–H and O–H groups in total. The summed E-state index contributed by atoms with van der Waals surface area (Å²) in [5, 5.41) is 3.55. The van der Waals surface area contributed by atoms with Gasteiger partial charge in [-0.05, 0) is 58.7 Å². The molecule has 1 heterocycles. The second-order valence-electron chi connectivity index (χ2n) is 6.95. The van der Waals surface area contributed by atoms with Gasteiger partial charge in [0.1, 0.15) is 0 Å². The quantitative estimate of drug-likeness (QED) is 0.770.